The summed E-state index contributed by atoms with van der Waals surface area (Å²) >= 11 is 0. The van der Waals surface area contributed by atoms with Crippen LogP contribution in [0.5, 0.6) is 5.75 Å². The average Bonchev–Trinajstić information content (AvgIpc) is 2.32. The number of unbranched alkanes of at least 4 members (excludes halogenated alkanes) is 3. The van der Waals surface area contributed by atoms with Gasteiger partial charge in [-0.15, -0.1) is 0 Å². The molecule has 0 saturated carbocycles. The minimum absolute atomic E-state index is 0.170. The maximum atomic E-state index is 11.4. The molecular formula is C14H23NO3S. The second kappa shape index (κ2) is 6.91. The fourth-order valence-corrected chi connectivity index (χ4v) is 2.78. The SMILES string of the molecule is CCCCCCOc1ccc(S(N)(=O)=O)c(C)c1C. The Balaban J connectivity index is 2.75. The Kier molecular flexibility index (Phi) is 5.82. The van der Waals surface area contributed by atoms with E-state index in [2.05, 4.69) is 6.92 Å². The van der Waals surface area contributed by atoms with Crippen LogP contribution >= 0.6 is 0 Å². The van der Waals surface area contributed by atoms with E-state index >= 15 is 0 Å². The molecule has 0 heterocycles. The highest BCUT2D eigenvalue weighted by Crippen LogP contribution is 2.26. The average molecular weight is 285 g/mol. The molecular weight excluding hydrogens is 262 g/mol. The van der Waals surface area contributed by atoms with Crippen LogP contribution in [0.3, 0.4) is 0 Å². The molecule has 0 spiro atoms. The molecule has 0 aliphatic rings. The molecule has 0 unspecified atom stereocenters. The third kappa shape index (κ3) is 4.51. The molecule has 0 fully saturated rings. The quantitative estimate of drug-likeness (QED) is 0.783. The summed E-state index contributed by atoms with van der Waals surface area (Å²) in [5, 5.41) is 5.16. The molecule has 0 saturated heterocycles. The van der Waals surface area contributed by atoms with E-state index in [0.29, 0.717) is 12.2 Å². The first-order chi connectivity index (χ1) is 8.88. The fourth-order valence-electron chi connectivity index (χ4n) is 1.95. The summed E-state index contributed by atoms with van der Waals surface area (Å²) in [7, 11) is -3.66. The normalized spacial score (nSPS) is 11.6. The summed E-state index contributed by atoms with van der Waals surface area (Å²) in [5.74, 6) is 0.737. The Hall–Kier alpha value is -1.07. The highest BCUT2D eigenvalue weighted by atomic mass is 32.2. The number of ether oxygens (including phenoxy) is 1. The van der Waals surface area contributed by atoms with E-state index in [0.717, 1.165) is 24.2 Å². The summed E-state index contributed by atoms with van der Waals surface area (Å²) in [4.78, 5) is 0.170. The highest BCUT2D eigenvalue weighted by Gasteiger charge is 2.15. The Morgan fingerprint density at radius 3 is 2.37 bits per heavy atom. The van der Waals surface area contributed by atoms with Crippen molar-refractivity contribution < 1.29 is 13.2 Å². The fraction of sp³-hybridized carbons (Fsp3) is 0.571. The summed E-state index contributed by atoms with van der Waals surface area (Å²) in [6, 6.07) is 3.20. The Labute approximate surface area is 116 Å². The van der Waals surface area contributed by atoms with Gasteiger partial charge in [0, 0.05) is 0 Å². The molecule has 0 amide bonds. The molecule has 1 aromatic rings. The zero-order valence-corrected chi connectivity index (χ0v) is 12.7. The van der Waals surface area contributed by atoms with Gasteiger partial charge in [-0.1, -0.05) is 26.2 Å². The maximum Gasteiger partial charge on any atom is 0.238 e. The monoisotopic (exact) mass is 285 g/mol. The lowest BCUT2D eigenvalue weighted by Gasteiger charge is -2.13. The molecule has 0 atom stereocenters. The van der Waals surface area contributed by atoms with Gasteiger partial charge in [0.1, 0.15) is 5.75 Å². The van der Waals surface area contributed by atoms with E-state index in [9.17, 15) is 8.42 Å². The minimum Gasteiger partial charge on any atom is -0.493 e. The molecule has 1 aromatic carbocycles. The second-order valence-corrected chi connectivity index (χ2v) is 6.30. The van der Waals surface area contributed by atoms with Crippen LogP contribution in [0.25, 0.3) is 0 Å². The number of nitrogens with two attached hydrogens (primary N) is 1. The molecule has 0 aliphatic carbocycles. The Morgan fingerprint density at radius 2 is 1.79 bits per heavy atom. The van der Waals surface area contributed by atoms with E-state index in [1.807, 2.05) is 6.92 Å². The molecule has 0 bridgehead atoms. The van der Waals surface area contributed by atoms with Gasteiger partial charge in [-0.2, -0.15) is 0 Å². The topological polar surface area (TPSA) is 69.4 Å². The zero-order valence-electron chi connectivity index (χ0n) is 11.9. The first kappa shape index (κ1) is 16.0. The van der Waals surface area contributed by atoms with E-state index in [4.69, 9.17) is 9.88 Å². The van der Waals surface area contributed by atoms with Crippen molar-refractivity contribution in [1.29, 1.82) is 0 Å². The maximum absolute atomic E-state index is 11.4. The zero-order chi connectivity index (χ0) is 14.5. The molecule has 5 heteroatoms. The van der Waals surface area contributed by atoms with Crippen LogP contribution in [-0.2, 0) is 10.0 Å². The van der Waals surface area contributed by atoms with Crippen LogP contribution in [0.2, 0.25) is 0 Å². The lowest BCUT2D eigenvalue weighted by Crippen LogP contribution is -2.14. The molecule has 108 valence electrons. The number of rotatable bonds is 7. The predicted molar refractivity (Wildman–Crippen MR) is 76.9 cm³/mol. The van der Waals surface area contributed by atoms with E-state index < -0.39 is 10.0 Å². The first-order valence-electron chi connectivity index (χ1n) is 6.63. The van der Waals surface area contributed by atoms with E-state index in [1.165, 1.54) is 18.9 Å². The van der Waals surface area contributed by atoms with Gasteiger partial charge >= 0.3 is 0 Å². The van der Waals surface area contributed by atoms with Crippen LogP contribution in [0, 0.1) is 13.8 Å². The number of hydrogen-bond donors (Lipinski definition) is 1. The number of benzene rings is 1. The molecule has 19 heavy (non-hydrogen) atoms. The number of hydrogen-bond acceptors (Lipinski definition) is 3. The smallest absolute Gasteiger partial charge is 0.238 e. The second-order valence-electron chi connectivity index (χ2n) is 4.77. The molecule has 0 aliphatic heterocycles. The molecule has 4 nitrogen and oxygen atoms in total. The van der Waals surface area contributed by atoms with Crippen LogP contribution < -0.4 is 9.88 Å². The van der Waals surface area contributed by atoms with Gasteiger partial charge in [-0.25, -0.2) is 13.6 Å². The number of primary sulfonamides is 1. The first-order valence-corrected chi connectivity index (χ1v) is 8.18. The van der Waals surface area contributed by atoms with E-state index in [-0.39, 0.29) is 4.90 Å². The van der Waals surface area contributed by atoms with Crippen molar-refractivity contribution in [2.45, 2.75) is 51.3 Å². The lowest BCUT2D eigenvalue weighted by atomic mass is 10.1. The largest absolute Gasteiger partial charge is 0.493 e. The van der Waals surface area contributed by atoms with Gasteiger partial charge in [-0.3, -0.25) is 0 Å². The highest BCUT2D eigenvalue weighted by molar-refractivity contribution is 7.89. The molecule has 0 radical (unpaired) electrons. The van der Waals surface area contributed by atoms with Gasteiger partial charge in [-0.05, 0) is 43.5 Å². The van der Waals surface area contributed by atoms with Gasteiger partial charge in [0.15, 0.2) is 0 Å². The lowest BCUT2D eigenvalue weighted by molar-refractivity contribution is 0.302. The standard InChI is InChI=1S/C14H23NO3S/c1-4-5-6-7-10-18-13-8-9-14(19(15,16)17)12(3)11(13)2/h8-9H,4-7,10H2,1-3H3,(H2,15,16,17). The number of sulfonamides is 1. The van der Waals surface area contributed by atoms with Gasteiger partial charge in [0.05, 0.1) is 11.5 Å². The van der Waals surface area contributed by atoms with E-state index in [1.54, 1.807) is 13.0 Å². The Bertz CT molecular complexity index is 524. The summed E-state index contributed by atoms with van der Waals surface area (Å²) in [5.41, 5.74) is 1.50. The van der Waals surface area contributed by atoms with Crippen molar-refractivity contribution >= 4 is 10.0 Å². The van der Waals surface area contributed by atoms with Gasteiger partial charge < -0.3 is 4.74 Å². The van der Waals surface area contributed by atoms with Crippen LogP contribution in [-0.4, -0.2) is 15.0 Å². The van der Waals surface area contributed by atoms with Crippen LogP contribution in [0.15, 0.2) is 17.0 Å². The van der Waals surface area contributed by atoms with Gasteiger partial charge in [0.25, 0.3) is 0 Å². The van der Waals surface area contributed by atoms with Crippen molar-refractivity contribution in [3.8, 4) is 5.75 Å². The van der Waals surface area contributed by atoms with Crippen molar-refractivity contribution in [2.75, 3.05) is 6.61 Å². The van der Waals surface area contributed by atoms with Crippen molar-refractivity contribution in [3.05, 3.63) is 23.3 Å². The minimum atomic E-state index is -3.66. The summed E-state index contributed by atoms with van der Waals surface area (Å²) in [6.07, 6.45) is 4.58. The third-order valence-corrected chi connectivity index (χ3v) is 4.31. The van der Waals surface area contributed by atoms with Crippen molar-refractivity contribution in [1.82, 2.24) is 0 Å². The molecule has 1 rings (SSSR count). The third-order valence-electron chi connectivity index (χ3n) is 3.25. The summed E-state index contributed by atoms with van der Waals surface area (Å²) in [6.45, 7) is 6.43. The van der Waals surface area contributed by atoms with Crippen molar-refractivity contribution in [2.24, 2.45) is 5.14 Å². The van der Waals surface area contributed by atoms with Gasteiger partial charge in [0.2, 0.25) is 10.0 Å². The van der Waals surface area contributed by atoms with Crippen molar-refractivity contribution in [3.63, 3.8) is 0 Å². The van der Waals surface area contributed by atoms with Crippen LogP contribution in [0.4, 0.5) is 0 Å². The summed E-state index contributed by atoms with van der Waals surface area (Å²) < 4.78 is 28.5. The predicted octanol–water partition coefficient (Wildman–Crippen LogP) is 2.91. The van der Waals surface area contributed by atoms with Crippen LogP contribution in [0.1, 0.15) is 43.7 Å². The molecule has 2 N–H and O–H groups in total. The Morgan fingerprint density at radius 1 is 1.11 bits per heavy atom. The molecule has 0 aromatic heterocycles.